The van der Waals surface area contributed by atoms with Gasteiger partial charge in [0, 0.05) is 0 Å². The van der Waals surface area contributed by atoms with Crippen molar-refractivity contribution in [2.45, 2.75) is 19.3 Å². The molecule has 0 aliphatic heterocycles. The average Bonchev–Trinajstić information content (AvgIpc) is 3.64. The van der Waals surface area contributed by atoms with Crippen molar-refractivity contribution in [3.05, 3.63) is 175 Å². The molecule has 2 heteroatoms. The molecular weight excluding hydrogens is 657 g/mol. The molecule has 0 N–H and O–H groups in total. The van der Waals surface area contributed by atoms with Gasteiger partial charge in [-0.15, -0.1) is 0 Å². The molecule has 1 aliphatic carbocycles. The summed E-state index contributed by atoms with van der Waals surface area (Å²) in [7, 11) is 0. The van der Waals surface area contributed by atoms with Crippen LogP contribution in [0.3, 0.4) is 0 Å². The molecule has 1 aromatic heterocycles. The van der Waals surface area contributed by atoms with Gasteiger partial charge in [0.15, 0.2) is 0 Å². The molecule has 1 heterocycles. The summed E-state index contributed by atoms with van der Waals surface area (Å²) < 4.78 is 3.00. The van der Waals surface area contributed by atoms with Crippen molar-refractivity contribution in [2.24, 2.45) is 0 Å². The van der Waals surface area contributed by atoms with Crippen LogP contribution in [0.15, 0.2) is 164 Å². The fourth-order valence-corrected chi connectivity index (χ4v) is 10.8. The first-order valence-corrected chi connectivity index (χ1v) is 18.7. The van der Waals surface area contributed by atoms with E-state index in [9.17, 15) is 0 Å². The molecule has 1 aliphatic rings. The van der Waals surface area contributed by atoms with E-state index >= 15 is 0 Å². The first kappa shape index (κ1) is 28.6. The molecule has 8 aromatic carbocycles. The zero-order chi connectivity index (χ0) is 32.7. The van der Waals surface area contributed by atoms with Gasteiger partial charge in [-0.1, -0.05) is 54.6 Å². The van der Waals surface area contributed by atoms with E-state index in [1.165, 1.54) is 79.9 Å². The summed E-state index contributed by atoms with van der Waals surface area (Å²) in [5, 5.41) is 8.14. The minimum absolute atomic E-state index is 0.0766. The topological polar surface area (TPSA) is 3.24 Å². The Labute approximate surface area is 292 Å². The van der Waals surface area contributed by atoms with Crippen LogP contribution in [0.1, 0.15) is 25.0 Å². The Kier molecular flexibility index (Phi) is 6.31. The van der Waals surface area contributed by atoms with Crippen LogP contribution in [-0.4, -0.2) is 14.5 Å². The Bertz CT molecular complexity index is 2730. The van der Waals surface area contributed by atoms with E-state index in [1.807, 2.05) is 0 Å². The van der Waals surface area contributed by atoms with Crippen molar-refractivity contribution in [3.63, 3.8) is 0 Å². The van der Waals surface area contributed by atoms with Gasteiger partial charge in [-0.3, -0.25) is 0 Å². The fourth-order valence-electron chi connectivity index (χ4n) is 8.17. The van der Waals surface area contributed by atoms with Gasteiger partial charge in [0.1, 0.15) is 0 Å². The van der Waals surface area contributed by atoms with Crippen LogP contribution < -0.4 is 4.90 Å². The fraction of sp³-hybridized carbons (Fsp3) is 0.0638. The van der Waals surface area contributed by atoms with Crippen LogP contribution in [0.25, 0.3) is 63.1 Å². The molecule has 0 saturated heterocycles. The molecule has 1 nitrogen and oxygen atoms in total. The Morgan fingerprint density at radius 1 is 0.449 bits per heavy atom. The van der Waals surface area contributed by atoms with Crippen LogP contribution in [0, 0.1) is 0 Å². The van der Waals surface area contributed by atoms with E-state index in [0.717, 1.165) is 11.4 Å². The van der Waals surface area contributed by atoms with Crippen LogP contribution >= 0.6 is 0 Å². The average molecular weight is 691 g/mol. The summed E-state index contributed by atoms with van der Waals surface area (Å²) in [4.78, 5) is 2.44. The maximum absolute atomic E-state index is 2.44. The van der Waals surface area contributed by atoms with Crippen molar-refractivity contribution >= 4 is 72.4 Å². The van der Waals surface area contributed by atoms with Gasteiger partial charge in [0.2, 0.25) is 0 Å². The molecule has 0 spiro atoms. The summed E-state index contributed by atoms with van der Waals surface area (Å²) in [5.41, 5.74) is 11.3. The second-order valence-electron chi connectivity index (χ2n) is 13.8. The van der Waals surface area contributed by atoms with E-state index in [4.69, 9.17) is 0 Å². The van der Waals surface area contributed by atoms with E-state index in [0.29, 0.717) is 14.5 Å². The van der Waals surface area contributed by atoms with Gasteiger partial charge in [-0.25, -0.2) is 0 Å². The van der Waals surface area contributed by atoms with E-state index < -0.39 is 0 Å². The van der Waals surface area contributed by atoms with Gasteiger partial charge < -0.3 is 0 Å². The van der Waals surface area contributed by atoms with Gasteiger partial charge in [0.05, 0.1) is 0 Å². The number of rotatable bonds is 4. The first-order valence-electron chi connectivity index (χ1n) is 17.0. The summed E-state index contributed by atoms with van der Waals surface area (Å²) >= 11 is 0.291. The van der Waals surface area contributed by atoms with Crippen molar-refractivity contribution < 1.29 is 0 Å². The molecule has 0 radical (unpaired) electrons. The number of benzene rings is 8. The number of hydrogen-bond acceptors (Lipinski definition) is 1. The van der Waals surface area contributed by atoms with Crippen molar-refractivity contribution in [1.29, 1.82) is 0 Å². The number of nitrogens with zero attached hydrogens (tertiary/aromatic N) is 1. The first-order chi connectivity index (χ1) is 24.0. The molecule has 49 heavy (non-hydrogen) atoms. The molecule has 0 saturated carbocycles. The molecule has 9 aromatic rings. The molecule has 0 fully saturated rings. The van der Waals surface area contributed by atoms with Crippen molar-refractivity contribution in [2.75, 3.05) is 4.90 Å². The molecule has 0 unspecified atom stereocenters. The Morgan fingerprint density at radius 3 is 1.96 bits per heavy atom. The monoisotopic (exact) mass is 691 g/mol. The van der Waals surface area contributed by atoms with Gasteiger partial charge in [-0.2, -0.15) is 0 Å². The van der Waals surface area contributed by atoms with E-state index in [2.05, 4.69) is 183 Å². The van der Waals surface area contributed by atoms with Gasteiger partial charge >= 0.3 is 239 Å². The Balaban J connectivity index is 1.17. The molecule has 10 rings (SSSR count). The third-order valence-corrected chi connectivity index (χ3v) is 13.2. The standard InChI is InChI=1S/C47H33NSe/c1-47(2)42-14-8-6-12-38(42)39-27-24-36(29-43(39)47)48(34-21-18-31(19-22-34)30-10-4-3-5-11-30)35-23-26-37-33(28-35)17-16-32-20-25-41-40-13-7-9-15-44(40)49-46(41)45(32)37/h3-29H,1-2H3. The molecular formula is C47H33NSe. The Morgan fingerprint density at radius 2 is 1.08 bits per heavy atom. The summed E-state index contributed by atoms with van der Waals surface area (Å²) in [6, 6.07) is 60.9. The van der Waals surface area contributed by atoms with Crippen molar-refractivity contribution in [3.8, 4) is 22.3 Å². The quantitative estimate of drug-likeness (QED) is 0.131. The molecule has 232 valence electrons. The van der Waals surface area contributed by atoms with Crippen LogP contribution in [0.5, 0.6) is 0 Å². The summed E-state index contributed by atoms with van der Waals surface area (Å²) in [6.45, 7) is 4.72. The number of hydrogen-bond donors (Lipinski definition) is 0. The van der Waals surface area contributed by atoms with Crippen LogP contribution in [-0.2, 0) is 5.41 Å². The summed E-state index contributed by atoms with van der Waals surface area (Å²) in [6.07, 6.45) is 0. The second-order valence-corrected chi connectivity index (χ2v) is 16.0. The van der Waals surface area contributed by atoms with Crippen molar-refractivity contribution in [1.82, 2.24) is 0 Å². The van der Waals surface area contributed by atoms with E-state index in [-0.39, 0.29) is 5.41 Å². The van der Waals surface area contributed by atoms with Crippen LogP contribution in [0.4, 0.5) is 17.1 Å². The predicted molar refractivity (Wildman–Crippen MR) is 211 cm³/mol. The van der Waals surface area contributed by atoms with Gasteiger partial charge in [0.25, 0.3) is 0 Å². The van der Waals surface area contributed by atoms with E-state index in [1.54, 1.807) is 0 Å². The molecule has 0 bridgehead atoms. The molecule has 0 amide bonds. The van der Waals surface area contributed by atoms with Gasteiger partial charge in [-0.05, 0) is 0 Å². The number of fused-ring (bicyclic) bond motifs is 10. The second kappa shape index (κ2) is 10.8. The normalized spacial score (nSPS) is 13.3. The summed E-state index contributed by atoms with van der Waals surface area (Å²) in [5.74, 6) is 0. The Hall–Kier alpha value is -5.40. The molecule has 0 atom stereocenters. The maximum atomic E-state index is 2.44. The third-order valence-electron chi connectivity index (χ3n) is 10.6. The van der Waals surface area contributed by atoms with Crippen LogP contribution in [0.2, 0.25) is 0 Å². The zero-order valence-electron chi connectivity index (χ0n) is 27.4. The SMILES string of the molecule is CC1(C)c2ccccc2-c2ccc(N(c3ccc(-c4ccccc4)cc3)c3ccc4c(ccc5ccc6c7ccccc7[se]c6c54)c3)cc21. The predicted octanol–water partition coefficient (Wildman–Crippen LogP) is 12.8. The third kappa shape index (κ3) is 4.38. The zero-order valence-corrected chi connectivity index (χ0v) is 29.2. The number of anilines is 3. The minimum atomic E-state index is -0.0766.